The van der Waals surface area contributed by atoms with Gasteiger partial charge in [-0.2, -0.15) is 0 Å². The van der Waals surface area contributed by atoms with Gasteiger partial charge in [0.25, 0.3) is 0 Å². The highest BCUT2D eigenvalue weighted by Gasteiger charge is 2.24. The molecule has 1 aliphatic carbocycles. The van der Waals surface area contributed by atoms with Crippen LogP contribution in [0.4, 0.5) is 0 Å². The molecule has 3 nitrogen and oxygen atoms in total. The molecule has 16 heavy (non-hydrogen) atoms. The van der Waals surface area contributed by atoms with E-state index in [0.717, 1.165) is 23.3 Å². The first kappa shape index (κ1) is 11.3. The van der Waals surface area contributed by atoms with Crippen molar-refractivity contribution >= 4 is 16.8 Å². The lowest BCUT2D eigenvalue weighted by molar-refractivity contribution is -0.136. The highest BCUT2D eigenvalue weighted by molar-refractivity contribution is 7.85. The first-order valence-electron chi connectivity index (χ1n) is 5.38. The van der Waals surface area contributed by atoms with Crippen LogP contribution in [0.2, 0.25) is 0 Å². The molecule has 1 unspecified atom stereocenters. The van der Waals surface area contributed by atoms with Gasteiger partial charge in [-0.1, -0.05) is 18.6 Å². The maximum Gasteiger partial charge on any atom is 0.307 e. The van der Waals surface area contributed by atoms with Crippen molar-refractivity contribution in [3.8, 4) is 0 Å². The van der Waals surface area contributed by atoms with E-state index < -0.39 is 16.8 Å². The predicted molar refractivity (Wildman–Crippen MR) is 61.8 cm³/mol. The van der Waals surface area contributed by atoms with Crippen molar-refractivity contribution in [3.05, 3.63) is 29.8 Å². The van der Waals surface area contributed by atoms with Crippen LogP contribution in [-0.4, -0.2) is 20.5 Å². The van der Waals surface area contributed by atoms with Gasteiger partial charge in [0.05, 0.1) is 17.2 Å². The highest BCUT2D eigenvalue weighted by atomic mass is 32.2. The summed E-state index contributed by atoms with van der Waals surface area (Å²) in [5.74, 6) is -0.840. The Labute approximate surface area is 96.9 Å². The van der Waals surface area contributed by atoms with E-state index in [1.165, 1.54) is 6.42 Å². The molecule has 0 aliphatic heterocycles. The quantitative estimate of drug-likeness (QED) is 0.872. The van der Waals surface area contributed by atoms with Gasteiger partial charge in [0.2, 0.25) is 0 Å². The van der Waals surface area contributed by atoms with Crippen LogP contribution in [0.15, 0.2) is 29.2 Å². The maximum absolute atomic E-state index is 12.0. The molecule has 2 rings (SSSR count). The lowest BCUT2D eigenvalue weighted by atomic mass is 10.00. The Morgan fingerprint density at radius 2 is 1.94 bits per heavy atom. The molecule has 86 valence electrons. The topological polar surface area (TPSA) is 54.4 Å². The van der Waals surface area contributed by atoms with Crippen molar-refractivity contribution in [3.63, 3.8) is 0 Å². The van der Waals surface area contributed by atoms with E-state index in [2.05, 4.69) is 0 Å². The molecule has 1 aromatic carbocycles. The fourth-order valence-electron chi connectivity index (χ4n) is 1.69. The van der Waals surface area contributed by atoms with Crippen molar-refractivity contribution in [1.82, 2.24) is 0 Å². The second-order valence-electron chi connectivity index (χ2n) is 4.06. The summed E-state index contributed by atoms with van der Waals surface area (Å²) in [5, 5.41) is 8.93. The fraction of sp³-hybridized carbons (Fsp3) is 0.417. The van der Waals surface area contributed by atoms with E-state index in [1.54, 1.807) is 24.3 Å². The number of carboxylic acids is 1. The third-order valence-electron chi connectivity index (χ3n) is 2.87. The minimum atomic E-state index is -0.910. The normalized spacial score (nSPS) is 17.8. The first-order valence-corrected chi connectivity index (χ1v) is 6.59. The minimum Gasteiger partial charge on any atom is -0.481 e. The van der Waals surface area contributed by atoms with Gasteiger partial charge in [-0.05, 0) is 30.5 Å². The summed E-state index contributed by atoms with van der Waals surface area (Å²) in [6, 6.07) is 7.07. The van der Waals surface area contributed by atoms with Crippen molar-refractivity contribution in [2.75, 3.05) is 0 Å². The van der Waals surface area contributed by atoms with E-state index >= 15 is 0 Å². The molecule has 4 heteroatoms. The Bertz CT molecular complexity index is 407. The van der Waals surface area contributed by atoms with Crippen LogP contribution in [0, 0.1) is 0 Å². The van der Waals surface area contributed by atoms with Gasteiger partial charge in [-0.25, -0.2) is 0 Å². The Morgan fingerprint density at radius 1 is 1.31 bits per heavy atom. The minimum absolute atomic E-state index is 0.0242. The summed E-state index contributed by atoms with van der Waals surface area (Å²) in [4.78, 5) is 11.3. The number of hydrogen-bond acceptors (Lipinski definition) is 2. The summed E-state index contributed by atoms with van der Waals surface area (Å²) >= 11 is 0. The van der Waals surface area contributed by atoms with Crippen molar-refractivity contribution in [2.24, 2.45) is 0 Å². The zero-order chi connectivity index (χ0) is 11.5. The molecular formula is C12H14O3S. The van der Waals surface area contributed by atoms with Crippen molar-refractivity contribution < 1.29 is 14.1 Å². The number of carbonyl (C=O) groups is 1. The summed E-state index contributed by atoms with van der Waals surface area (Å²) in [6.45, 7) is 0. The van der Waals surface area contributed by atoms with Gasteiger partial charge in [0.1, 0.15) is 0 Å². The summed E-state index contributed by atoms with van der Waals surface area (Å²) in [6.07, 6.45) is 3.29. The molecule has 1 N–H and O–H groups in total. The molecule has 1 atom stereocenters. The van der Waals surface area contributed by atoms with Crippen LogP contribution in [0.3, 0.4) is 0 Å². The van der Waals surface area contributed by atoms with Crippen LogP contribution in [0.1, 0.15) is 24.8 Å². The first-order chi connectivity index (χ1) is 7.66. The average Bonchev–Trinajstić information content (AvgIpc) is 2.15. The van der Waals surface area contributed by atoms with Gasteiger partial charge in [-0.3, -0.25) is 9.00 Å². The fourth-order valence-corrected chi connectivity index (χ4v) is 3.24. The monoisotopic (exact) mass is 238 g/mol. The average molecular weight is 238 g/mol. The summed E-state index contributed by atoms with van der Waals surface area (Å²) in [5.41, 5.74) is 0.752. The zero-order valence-corrected chi connectivity index (χ0v) is 9.70. The van der Waals surface area contributed by atoms with Gasteiger partial charge in [0.15, 0.2) is 0 Å². The number of benzene rings is 1. The molecule has 0 aromatic heterocycles. The van der Waals surface area contributed by atoms with Crippen LogP contribution in [0.25, 0.3) is 0 Å². The Balaban J connectivity index is 2.06. The largest absolute Gasteiger partial charge is 0.481 e. The zero-order valence-electron chi connectivity index (χ0n) is 8.89. The van der Waals surface area contributed by atoms with Crippen LogP contribution in [-0.2, 0) is 22.0 Å². The molecule has 1 saturated carbocycles. The molecule has 1 aliphatic rings. The molecule has 1 fully saturated rings. The smallest absolute Gasteiger partial charge is 0.307 e. The van der Waals surface area contributed by atoms with E-state index in [-0.39, 0.29) is 6.42 Å². The molecule has 0 heterocycles. The van der Waals surface area contributed by atoms with Crippen LogP contribution >= 0.6 is 0 Å². The van der Waals surface area contributed by atoms with Gasteiger partial charge in [-0.15, -0.1) is 0 Å². The lowest BCUT2D eigenvalue weighted by Crippen LogP contribution is -2.23. The van der Waals surface area contributed by atoms with Crippen LogP contribution in [0.5, 0.6) is 0 Å². The number of carboxylic acid groups (broad SMARTS) is 1. The molecule has 0 radical (unpaired) electrons. The predicted octanol–water partition coefficient (Wildman–Crippen LogP) is 1.97. The van der Waals surface area contributed by atoms with Crippen molar-refractivity contribution in [1.29, 1.82) is 0 Å². The molecule has 0 saturated heterocycles. The SMILES string of the molecule is O=C(O)Cc1ccc(S(=O)C2CCC2)cc1. The Morgan fingerprint density at radius 3 is 2.38 bits per heavy atom. The molecule has 0 spiro atoms. The lowest BCUT2D eigenvalue weighted by Gasteiger charge is -2.24. The molecular weight excluding hydrogens is 224 g/mol. The third-order valence-corrected chi connectivity index (χ3v) is 4.68. The van der Waals surface area contributed by atoms with Gasteiger partial charge >= 0.3 is 5.97 Å². The summed E-state index contributed by atoms with van der Waals surface area (Å²) in [7, 11) is -0.910. The van der Waals surface area contributed by atoms with E-state index in [1.807, 2.05) is 0 Å². The number of aliphatic carboxylic acids is 1. The molecule has 0 amide bonds. The van der Waals surface area contributed by atoms with E-state index in [9.17, 15) is 9.00 Å². The number of hydrogen-bond donors (Lipinski definition) is 1. The highest BCUT2D eigenvalue weighted by Crippen LogP contribution is 2.28. The Kier molecular flexibility index (Phi) is 3.39. The van der Waals surface area contributed by atoms with Crippen LogP contribution < -0.4 is 0 Å². The number of rotatable bonds is 4. The van der Waals surface area contributed by atoms with E-state index in [4.69, 9.17) is 5.11 Å². The molecule has 1 aromatic rings. The second kappa shape index (κ2) is 4.78. The second-order valence-corrected chi connectivity index (χ2v) is 5.80. The maximum atomic E-state index is 12.0. The standard InChI is InChI=1S/C12H14O3S/c13-12(14)8-9-4-6-11(7-5-9)16(15)10-2-1-3-10/h4-7,10H,1-3,8H2,(H,13,14). The van der Waals surface area contributed by atoms with Gasteiger partial charge < -0.3 is 5.11 Å². The van der Waals surface area contributed by atoms with Gasteiger partial charge in [0, 0.05) is 10.1 Å². The van der Waals surface area contributed by atoms with E-state index in [0.29, 0.717) is 5.25 Å². The Hall–Kier alpha value is -1.16. The molecule has 0 bridgehead atoms. The van der Waals surface area contributed by atoms with Crippen molar-refractivity contribution in [2.45, 2.75) is 35.8 Å². The summed E-state index contributed by atoms with van der Waals surface area (Å²) < 4.78 is 12.0. The third kappa shape index (κ3) is 2.50.